The molecule has 0 bridgehead atoms. The van der Waals surface area contributed by atoms with Crippen LogP contribution in [0, 0.1) is 0 Å². The van der Waals surface area contributed by atoms with Crippen molar-refractivity contribution in [1.82, 2.24) is 0 Å². The number of rotatable bonds is 7. The molecule has 0 aliphatic rings. The van der Waals surface area contributed by atoms with Crippen molar-refractivity contribution in [2.75, 3.05) is 20.3 Å². The Labute approximate surface area is 127 Å². The van der Waals surface area contributed by atoms with Crippen LogP contribution >= 0.6 is 7.60 Å². The van der Waals surface area contributed by atoms with Crippen LogP contribution in [0.15, 0.2) is 18.2 Å². The molecule has 0 fully saturated rings. The van der Waals surface area contributed by atoms with Crippen molar-refractivity contribution in [3.05, 3.63) is 29.3 Å². The van der Waals surface area contributed by atoms with Gasteiger partial charge in [0.05, 0.1) is 25.9 Å². The molecule has 9 heteroatoms. The summed E-state index contributed by atoms with van der Waals surface area (Å²) in [5, 5.41) is 0. The number of nitrogens with two attached hydrogens (primary N) is 1. The van der Waals surface area contributed by atoms with E-state index in [9.17, 15) is 17.7 Å². The first-order valence-electron chi connectivity index (χ1n) is 6.59. The normalized spacial score (nSPS) is 14.0. The molecule has 1 rings (SSSR count). The average molecular weight is 341 g/mol. The molecule has 2 N–H and O–H groups in total. The van der Waals surface area contributed by atoms with Gasteiger partial charge in [-0.1, -0.05) is 6.07 Å². The van der Waals surface area contributed by atoms with Gasteiger partial charge in [0, 0.05) is 5.56 Å². The molecule has 0 aliphatic carbocycles. The molecule has 0 unspecified atom stereocenters. The van der Waals surface area contributed by atoms with Crippen molar-refractivity contribution in [2.24, 2.45) is 5.73 Å². The predicted molar refractivity (Wildman–Crippen MR) is 75.8 cm³/mol. The quantitative estimate of drug-likeness (QED) is 0.761. The van der Waals surface area contributed by atoms with Gasteiger partial charge < -0.3 is 19.5 Å². The number of halogens is 3. The molecule has 0 heterocycles. The van der Waals surface area contributed by atoms with E-state index in [0.717, 1.165) is 18.2 Å². The van der Waals surface area contributed by atoms with Crippen molar-refractivity contribution in [3.63, 3.8) is 0 Å². The molecule has 126 valence electrons. The van der Waals surface area contributed by atoms with Gasteiger partial charge in [0.1, 0.15) is 11.5 Å². The minimum Gasteiger partial charge on any atom is -0.496 e. The topological polar surface area (TPSA) is 70.8 Å². The number of hydrogen-bond acceptors (Lipinski definition) is 5. The molecule has 0 radical (unpaired) electrons. The van der Waals surface area contributed by atoms with E-state index >= 15 is 0 Å². The van der Waals surface area contributed by atoms with Gasteiger partial charge >= 0.3 is 13.8 Å². The molecule has 0 saturated carbocycles. The Kier molecular flexibility index (Phi) is 6.43. The Morgan fingerprint density at radius 3 is 2.18 bits per heavy atom. The summed E-state index contributed by atoms with van der Waals surface area (Å²) in [5.41, 5.74) is 5.15. The zero-order valence-electron chi connectivity index (χ0n) is 12.5. The fourth-order valence-electron chi connectivity index (χ4n) is 1.86. The van der Waals surface area contributed by atoms with E-state index < -0.39 is 25.1 Å². The molecule has 0 amide bonds. The largest absolute Gasteiger partial charge is 0.496 e. The van der Waals surface area contributed by atoms with Crippen LogP contribution < -0.4 is 10.5 Å². The van der Waals surface area contributed by atoms with E-state index in [1.807, 2.05) is 0 Å². The molecule has 5 nitrogen and oxygen atoms in total. The van der Waals surface area contributed by atoms with E-state index in [-0.39, 0.29) is 24.5 Å². The zero-order valence-corrected chi connectivity index (χ0v) is 13.4. The fourth-order valence-corrected chi connectivity index (χ4v) is 3.53. The third-order valence-corrected chi connectivity index (χ3v) is 5.03. The summed E-state index contributed by atoms with van der Waals surface area (Å²) in [7, 11) is -2.51. The number of hydrogen-bond donors (Lipinski definition) is 1. The molecular weight excluding hydrogens is 322 g/mol. The van der Waals surface area contributed by atoms with Crippen molar-refractivity contribution in [1.29, 1.82) is 0 Å². The van der Waals surface area contributed by atoms with Gasteiger partial charge in [-0.25, -0.2) is 0 Å². The third-order valence-electron chi connectivity index (χ3n) is 2.84. The summed E-state index contributed by atoms with van der Waals surface area (Å²) in [5.74, 6) is -1.37. The second kappa shape index (κ2) is 7.46. The second-order valence-corrected chi connectivity index (χ2v) is 6.43. The highest BCUT2D eigenvalue weighted by Gasteiger charge is 2.37. The molecule has 0 aliphatic heterocycles. The molecule has 0 spiro atoms. The van der Waals surface area contributed by atoms with Crippen LogP contribution in [-0.4, -0.2) is 20.3 Å². The summed E-state index contributed by atoms with van der Waals surface area (Å²) in [4.78, 5) is 0. The monoisotopic (exact) mass is 341 g/mol. The minimum atomic E-state index is -4.51. The standard InChI is InChI=1S/C13H19F3NO4P/c1-4-20-22(18,21-5-2)12(17)10-7-6-9(13(14,15)16)8-11(10)19-3/h6-8,12H,4-5,17H2,1-3H3/t12-/m1/s1. The number of alkyl halides is 3. The first-order valence-corrected chi connectivity index (χ1v) is 8.20. The van der Waals surface area contributed by atoms with Crippen molar-refractivity contribution in [2.45, 2.75) is 25.8 Å². The maximum absolute atomic E-state index is 12.7. The predicted octanol–water partition coefficient (Wildman–Crippen LogP) is 3.94. The van der Waals surface area contributed by atoms with Crippen LogP contribution in [-0.2, 0) is 19.8 Å². The SMILES string of the molecule is CCOP(=O)(OCC)[C@@H](N)c1ccc(C(F)(F)F)cc1OC. The Bertz CT molecular complexity index is 541. The lowest BCUT2D eigenvalue weighted by Gasteiger charge is -2.25. The fraction of sp³-hybridized carbons (Fsp3) is 0.538. The average Bonchev–Trinajstić information content (AvgIpc) is 2.45. The van der Waals surface area contributed by atoms with E-state index in [1.165, 1.54) is 7.11 Å². The van der Waals surface area contributed by atoms with Gasteiger partial charge in [-0.3, -0.25) is 4.57 Å². The number of benzene rings is 1. The van der Waals surface area contributed by atoms with E-state index in [1.54, 1.807) is 13.8 Å². The minimum absolute atomic E-state index is 0.0912. The van der Waals surface area contributed by atoms with Crippen molar-refractivity contribution < 1.29 is 31.5 Å². The zero-order chi connectivity index (χ0) is 17.0. The Hall–Kier alpha value is -1.08. The second-order valence-electron chi connectivity index (χ2n) is 4.27. The third kappa shape index (κ3) is 4.23. The van der Waals surface area contributed by atoms with Gasteiger partial charge in [-0.05, 0) is 26.0 Å². The lowest BCUT2D eigenvalue weighted by molar-refractivity contribution is -0.137. The first kappa shape index (κ1) is 19.0. The maximum Gasteiger partial charge on any atom is 0.416 e. The van der Waals surface area contributed by atoms with Gasteiger partial charge in [0.25, 0.3) is 0 Å². The van der Waals surface area contributed by atoms with Crippen LogP contribution in [0.1, 0.15) is 30.8 Å². The molecule has 1 atom stereocenters. The van der Waals surface area contributed by atoms with Crippen molar-refractivity contribution in [3.8, 4) is 5.75 Å². The Morgan fingerprint density at radius 2 is 1.77 bits per heavy atom. The highest BCUT2D eigenvalue weighted by molar-refractivity contribution is 7.54. The van der Waals surface area contributed by atoms with Crippen LogP contribution in [0.4, 0.5) is 13.2 Å². The summed E-state index contributed by atoms with van der Waals surface area (Å²) in [6.45, 7) is 3.41. The van der Waals surface area contributed by atoms with Gasteiger partial charge in [0.15, 0.2) is 0 Å². The smallest absolute Gasteiger partial charge is 0.416 e. The summed E-state index contributed by atoms with van der Waals surface area (Å²) < 4.78 is 65.9. The van der Waals surface area contributed by atoms with Crippen LogP contribution in [0.3, 0.4) is 0 Å². The maximum atomic E-state index is 12.7. The van der Waals surface area contributed by atoms with E-state index in [0.29, 0.717) is 0 Å². The van der Waals surface area contributed by atoms with Crippen LogP contribution in [0.25, 0.3) is 0 Å². The van der Waals surface area contributed by atoms with Crippen LogP contribution in [0.5, 0.6) is 5.75 Å². The van der Waals surface area contributed by atoms with Crippen molar-refractivity contribution >= 4 is 7.60 Å². The summed E-state index contributed by atoms with van der Waals surface area (Å²) >= 11 is 0. The molecular formula is C13H19F3NO4P. The van der Waals surface area contributed by atoms with Gasteiger partial charge in [0.2, 0.25) is 0 Å². The summed E-state index contributed by atoms with van der Waals surface area (Å²) in [6, 6.07) is 2.77. The molecule has 1 aromatic rings. The lowest BCUT2D eigenvalue weighted by Crippen LogP contribution is -2.16. The Morgan fingerprint density at radius 1 is 1.23 bits per heavy atom. The Balaban J connectivity index is 3.27. The highest BCUT2D eigenvalue weighted by Crippen LogP contribution is 2.59. The molecule has 1 aromatic carbocycles. The number of ether oxygens (including phenoxy) is 1. The molecule has 0 saturated heterocycles. The van der Waals surface area contributed by atoms with Gasteiger partial charge in [-0.15, -0.1) is 0 Å². The summed E-state index contributed by atoms with van der Waals surface area (Å²) in [6.07, 6.45) is -4.51. The van der Waals surface area contributed by atoms with E-state index in [4.69, 9.17) is 19.5 Å². The molecule has 22 heavy (non-hydrogen) atoms. The first-order chi connectivity index (χ1) is 10.2. The highest BCUT2D eigenvalue weighted by atomic mass is 31.2. The lowest BCUT2D eigenvalue weighted by atomic mass is 10.1. The number of methoxy groups -OCH3 is 1. The van der Waals surface area contributed by atoms with Gasteiger partial charge in [-0.2, -0.15) is 13.2 Å². The molecule has 0 aromatic heterocycles. The van der Waals surface area contributed by atoms with E-state index in [2.05, 4.69) is 0 Å². The van der Waals surface area contributed by atoms with Crippen LogP contribution in [0.2, 0.25) is 0 Å².